The molecule has 3 heteroatoms. The Morgan fingerprint density at radius 3 is 2.83 bits per heavy atom. The van der Waals surface area contributed by atoms with E-state index in [9.17, 15) is 4.79 Å². The van der Waals surface area contributed by atoms with Gasteiger partial charge in [-0.15, -0.1) is 11.6 Å². The summed E-state index contributed by atoms with van der Waals surface area (Å²) in [6, 6.07) is 8.16. The van der Waals surface area contributed by atoms with Crippen LogP contribution in [0.3, 0.4) is 0 Å². The molecule has 0 fully saturated rings. The number of carbonyl (C=O) groups is 1. The lowest BCUT2D eigenvalue weighted by molar-refractivity contribution is -0.125. The molecule has 0 spiro atoms. The van der Waals surface area contributed by atoms with Crippen molar-refractivity contribution >= 4 is 17.5 Å². The van der Waals surface area contributed by atoms with E-state index in [1.165, 1.54) is 11.1 Å². The number of carbonyl (C=O) groups excluding carboxylic acids is 1. The Kier molecular flexibility index (Phi) is 3.96. The Morgan fingerprint density at radius 1 is 1.50 bits per heavy atom. The van der Waals surface area contributed by atoms with Crippen molar-refractivity contribution in [2.24, 2.45) is 0 Å². The molecule has 0 heterocycles. The van der Waals surface area contributed by atoms with Crippen molar-refractivity contribution in [2.45, 2.75) is 44.6 Å². The van der Waals surface area contributed by atoms with Crippen molar-refractivity contribution in [3.63, 3.8) is 0 Å². The minimum atomic E-state index is -0.177. The first-order valence-corrected chi connectivity index (χ1v) is 7.09. The Hall–Kier alpha value is -1.02. The molecule has 1 aromatic rings. The van der Waals surface area contributed by atoms with Gasteiger partial charge in [-0.3, -0.25) is 4.79 Å². The molecule has 98 valence electrons. The Morgan fingerprint density at radius 2 is 2.22 bits per heavy atom. The smallest absolute Gasteiger partial charge is 0.228 e. The lowest BCUT2D eigenvalue weighted by Gasteiger charge is -2.35. The maximum Gasteiger partial charge on any atom is 0.228 e. The Balaban J connectivity index is 2.02. The lowest BCUT2D eigenvalue weighted by Crippen LogP contribution is -2.49. The van der Waals surface area contributed by atoms with Gasteiger partial charge in [0.2, 0.25) is 5.91 Å². The largest absolute Gasteiger partial charge is 0.350 e. The zero-order valence-electron chi connectivity index (χ0n) is 11.0. The number of hydrogen-bond acceptors (Lipinski definition) is 1. The second-order valence-electron chi connectivity index (χ2n) is 5.30. The molecular weight excluding hydrogens is 246 g/mol. The van der Waals surface area contributed by atoms with Gasteiger partial charge in [-0.05, 0) is 37.3 Å². The highest BCUT2D eigenvalue weighted by Crippen LogP contribution is 2.35. The van der Waals surface area contributed by atoms with E-state index in [0.717, 1.165) is 19.3 Å². The predicted molar refractivity (Wildman–Crippen MR) is 75.1 cm³/mol. The highest BCUT2D eigenvalue weighted by molar-refractivity contribution is 6.17. The number of benzene rings is 1. The minimum Gasteiger partial charge on any atom is -0.350 e. The zero-order valence-corrected chi connectivity index (χ0v) is 11.8. The van der Waals surface area contributed by atoms with Crippen molar-refractivity contribution in [3.05, 3.63) is 35.4 Å². The van der Waals surface area contributed by atoms with E-state index >= 15 is 0 Å². The summed E-state index contributed by atoms with van der Waals surface area (Å²) in [5, 5.41) is 3.16. The first-order valence-electron chi connectivity index (χ1n) is 6.55. The van der Waals surface area contributed by atoms with E-state index in [4.69, 9.17) is 11.6 Å². The highest BCUT2D eigenvalue weighted by Gasteiger charge is 2.34. The van der Waals surface area contributed by atoms with Gasteiger partial charge in [0.25, 0.3) is 0 Å². The molecule has 2 rings (SSSR count). The van der Waals surface area contributed by atoms with Crippen LogP contribution in [-0.2, 0) is 11.2 Å². The van der Waals surface area contributed by atoms with Gasteiger partial charge in [0.05, 0.1) is 5.92 Å². The van der Waals surface area contributed by atoms with Crippen LogP contribution in [0.4, 0.5) is 0 Å². The van der Waals surface area contributed by atoms with Crippen molar-refractivity contribution in [1.82, 2.24) is 5.32 Å². The first kappa shape index (κ1) is 13.4. The molecule has 2 nitrogen and oxygen atoms in total. The number of alkyl halides is 1. The van der Waals surface area contributed by atoms with Crippen LogP contribution in [0, 0.1) is 0 Å². The van der Waals surface area contributed by atoms with E-state index in [2.05, 4.69) is 25.2 Å². The van der Waals surface area contributed by atoms with Gasteiger partial charge < -0.3 is 5.32 Å². The van der Waals surface area contributed by atoms with Crippen LogP contribution < -0.4 is 5.32 Å². The molecule has 1 aliphatic rings. The monoisotopic (exact) mass is 265 g/mol. The van der Waals surface area contributed by atoms with Gasteiger partial charge >= 0.3 is 0 Å². The molecular formula is C15H20ClNO. The van der Waals surface area contributed by atoms with E-state index in [1.807, 2.05) is 18.2 Å². The third-order valence-electron chi connectivity index (χ3n) is 4.02. The van der Waals surface area contributed by atoms with Gasteiger partial charge in [0.15, 0.2) is 0 Å². The first-order chi connectivity index (χ1) is 8.59. The summed E-state index contributed by atoms with van der Waals surface area (Å²) in [4.78, 5) is 12.3. The predicted octanol–water partition coefficient (Wildman–Crippen LogP) is 3.24. The summed E-state index contributed by atoms with van der Waals surface area (Å²) in [7, 11) is 0. The van der Waals surface area contributed by atoms with E-state index in [-0.39, 0.29) is 17.4 Å². The van der Waals surface area contributed by atoms with E-state index in [0.29, 0.717) is 5.88 Å². The molecule has 0 saturated heterocycles. The molecule has 18 heavy (non-hydrogen) atoms. The summed E-state index contributed by atoms with van der Waals surface area (Å²) >= 11 is 5.81. The van der Waals surface area contributed by atoms with Crippen LogP contribution in [0.2, 0.25) is 0 Å². The summed E-state index contributed by atoms with van der Waals surface area (Å²) in [5.41, 5.74) is 2.30. The molecule has 2 unspecified atom stereocenters. The summed E-state index contributed by atoms with van der Waals surface area (Å²) in [5.74, 6) is 0.747. The molecule has 0 saturated carbocycles. The summed E-state index contributed by atoms with van der Waals surface area (Å²) < 4.78 is 0. The third kappa shape index (κ3) is 2.54. The van der Waals surface area contributed by atoms with Crippen LogP contribution in [0.25, 0.3) is 0 Å². The number of nitrogens with one attached hydrogen (secondary N) is 1. The van der Waals surface area contributed by atoms with Crippen molar-refractivity contribution in [2.75, 3.05) is 5.88 Å². The Bertz CT molecular complexity index is 446. The molecule has 0 bridgehead atoms. The average molecular weight is 266 g/mol. The van der Waals surface area contributed by atoms with Crippen molar-refractivity contribution in [1.29, 1.82) is 0 Å². The van der Waals surface area contributed by atoms with Crippen LogP contribution in [0.1, 0.15) is 43.7 Å². The molecule has 2 atom stereocenters. The van der Waals surface area contributed by atoms with Gasteiger partial charge in [0, 0.05) is 11.4 Å². The van der Waals surface area contributed by atoms with Crippen molar-refractivity contribution < 1.29 is 4.79 Å². The fourth-order valence-electron chi connectivity index (χ4n) is 2.41. The number of rotatable bonds is 5. The molecule has 1 amide bonds. The molecule has 1 aliphatic carbocycles. The van der Waals surface area contributed by atoms with Crippen LogP contribution in [-0.4, -0.2) is 17.3 Å². The molecule has 0 radical (unpaired) electrons. The number of fused-ring (bicyclic) bond motifs is 1. The van der Waals surface area contributed by atoms with Crippen LogP contribution >= 0.6 is 11.6 Å². The third-order valence-corrected chi connectivity index (χ3v) is 4.21. The molecule has 1 N–H and O–H groups in total. The second kappa shape index (κ2) is 5.31. The van der Waals surface area contributed by atoms with Gasteiger partial charge in [-0.1, -0.05) is 31.2 Å². The number of halogens is 1. The fourth-order valence-corrected chi connectivity index (χ4v) is 2.83. The normalized spacial score (nSPS) is 20.5. The summed E-state index contributed by atoms with van der Waals surface area (Å²) in [6.07, 6.45) is 2.58. The molecule has 0 aliphatic heterocycles. The van der Waals surface area contributed by atoms with Crippen LogP contribution in [0.5, 0.6) is 0 Å². The fraction of sp³-hybridized carbons (Fsp3) is 0.533. The summed E-state index contributed by atoms with van der Waals surface area (Å²) in [6.45, 7) is 4.15. The second-order valence-corrected chi connectivity index (χ2v) is 5.68. The van der Waals surface area contributed by atoms with Gasteiger partial charge in [-0.2, -0.15) is 0 Å². The topological polar surface area (TPSA) is 29.1 Å². The maximum atomic E-state index is 12.3. The average Bonchev–Trinajstić information content (AvgIpc) is 2.31. The maximum absolute atomic E-state index is 12.3. The van der Waals surface area contributed by atoms with Crippen molar-refractivity contribution in [3.8, 4) is 0 Å². The van der Waals surface area contributed by atoms with Gasteiger partial charge in [0.1, 0.15) is 0 Å². The molecule has 0 aromatic heterocycles. The zero-order chi connectivity index (χ0) is 13.2. The highest BCUT2D eigenvalue weighted by atomic mass is 35.5. The quantitative estimate of drug-likeness (QED) is 0.814. The standard InChI is InChI=1S/C15H20ClNO/c1-3-15(2,8-9-16)17-14(18)13-10-11-6-4-5-7-12(11)13/h4-7,13H,3,8-10H2,1-2H3,(H,17,18). The minimum absolute atomic E-state index is 0.0300. The number of hydrogen-bond donors (Lipinski definition) is 1. The van der Waals surface area contributed by atoms with Crippen LogP contribution in [0.15, 0.2) is 24.3 Å². The Labute approximate surface area is 114 Å². The number of amides is 1. The van der Waals surface area contributed by atoms with E-state index in [1.54, 1.807) is 0 Å². The SMILES string of the molecule is CCC(C)(CCCl)NC(=O)C1Cc2ccccc21. The van der Waals surface area contributed by atoms with Gasteiger partial charge in [-0.25, -0.2) is 0 Å². The lowest BCUT2D eigenvalue weighted by atomic mass is 9.76. The molecule has 1 aromatic carbocycles. The van der Waals surface area contributed by atoms with E-state index < -0.39 is 0 Å².